The van der Waals surface area contributed by atoms with Crippen molar-refractivity contribution in [3.8, 4) is 0 Å². The van der Waals surface area contributed by atoms with Crippen LogP contribution in [-0.2, 0) is 43.7 Å². The van der Waals surface area contributed by atoms with Crippen LogP contribution < -0.4 is 19.6 Å². The third kappa shape index (κ3) is 13.5. The first-order chi connectivity index (χ1) is 34.8. The number of hydrogen-bond acceptors (Lipinski definition) is 9. The van der Waals surface area contributed by atoms with Crippen molar-refractivity contribution in [3.63, 3.8) is 0 Å². The van der Waals surface area contributed by atoms with E-state index in [1.54, 1.807) is 75.6 Å². The summed E-state index contributed by atoms with van der Waals surface area (Å²) >= 11 is 0. The van der Waals surface area contributed by atoms with Crippen LogP contribution >= 0.6 is 0 Å². The van der Waals surface area contributed by atoms with Gasteiger partial charge in [0.2, 0.25) is 0 Å². The van der Waals surface area contributed by atoms with Crippen LogP contribution in [0.2, 0.25) is 0 Å². The zero-order chi connectivity index (χ0) is 56.3. The van der Waals surface area contributed by atoms with Crippen LogP contribution in [0.4, 0.5) is 85.0 Å². The number of anilines is 4. The average Bonchev–Trinajstić information content (AvgIpc) is 3.31. The van der Waals surface area contributed by atoms with Gasteiger partial charge < -0.3 is 29.1 Å². The summed E-state index contributed by atoms with van der Waals surface area (Å²) in [5, 5.41) is 10.3. The average molecular weight is 1080 g/mol. The number of esters is 1. The highest BCUT2D eigenvalue weighted by atomic mass is 19.4. The Hall–Kier alpha value is -6.39. The lowest BCUT2D eigenvalue weighted by Gasteiger charge is -2.46. The van der Waals surface area contributed by atoms with Crippen molar-refractivity contribution in [1.29, 1.82) is 0 Å². The quantitative estimate of drug-likeness (QED) is 0.0891. The van der Waals surface area contributed by atoms with Gasteiger partial charge in [-0.3, -0.25) is 14.6 Å². The number of rotatable bonds is 11. The molecule has 0 bridgehead atoms. The zero-order valence-corrected chi connectivity index (χ0v) is 42.5. The molecule has 0 aromatic heterocycles. The lowest BCUT2D eigenvalue weighted by atomic mass is 9.94. The third-order valence-electron chi connectivity index (χ3n) is 13.1. The van der Waals surface area contributed by atoms with Crippen molar-refractivity contribution in [2.75, 3.05) is 59.1 Å². The van der Waals surface area contributed by atoms with E-state index in [0.29, 0.717) is 59.9 Å². The Bertz CT molecular complexity index is 2640. The van der Waals surface area contributed by atoms with Crippen LogP contribution in [-0.4, -0.2) is 74.9 Å². The molecule has 11 nitrogen and oxygen atoms in total. The summed E-state index contributed by atoms with van der Waals surface area (Å²) in [6.07, 6.45) is -20.5. The van der Waals surface area contributed by atoms with Gasteiger partial charge in [-0.1, -0.05) is 13.8 Å². The standard InChI is InChI=1S/C27H30F6N2O4.C25H28F6N2O3/c1-6-21-13-34(22-8-15(3)16(4)9-23(22)35(21)25(37)38-7-2)24(14-39-17(5)36)18-10-19(26(28,29)30)12-20(11-18)27(31,32)33;1-5-19-12-32(20-7-14(3)15(4)8-21(20)33(19)23(35)36-6-2)22(13-34)16-9-17(24(26,27)28)11-18(10-16)25(29,30)31/h8-12,21,24H,6-7,13-14H2,1-5H3;7-11,19,22,34H,5-6,12-13H2,1-4H3. The Labute approximate surface area is 425 Å². The highest BCUT2D eigenvalue weighted by Gasteiger charge is 2.44. The van der Waals surface area contributed by atoms with Crippen molar-refractivity contribution < 1.29 is 86.4 Å². The lowest BCUT2D eigenvalue weighted by molar-refractivity contribution is -0.145. The maximum absolute atomic E-state index is 13.7. The molecule has 2 amide bonds. The first-order valence-corrected chi connectivity index (χ1v) is 23.8. The highest BCUT2D eigenvalue weighted by Crippen LogP contribution is 2.47. The van der Waals surface area contributed by atoms with Gasteiger partial charge in [0.1, 0.15) is 6.61 Å². The van der Waals surface area contributed by atoms with Gasteiger partial charge in [0.25, 0.3) is 0 Å². The number of carbonyl (C=O) groups is 3. The molecule has 2 aliphatic rings. The zero-order valence-electron chi connectivity index (χ0n) is 42.5. The molecule has 2 aliphatic heterocycles. The number of aliphatic hydroxyl groups is 1. The summed E-state index contributed by atoms with van der Waals surface area (Å²) in [6, 6.07) is 6.07. The largest absolute Gasteiger partial charge is 0.463 e. The molecule has 6 rings (SSSR count). The smallest absolute Gasteiger partial charge is 0.416 e. The lowest BCUT2D eigenvalue weighted by Crippen LogP contribution is -2.53. The van der Waals surface area contributed by atoms with Crippen LogP contribution in [0.15, 0.2) is 60.7 Å². The van der Waals surface area contributed by atoms with Crippen molar-refractivity contribution in [2.45, 2.75) is 124 Å². The molecule has 4 aromatic carbocycles. The van der Waals surface area contributed by atoms with E-state index < -0.39 is 102 Å². The molecule has 0 saturated heterocycles. The number of carbonyl (C=O) groups excluding carboxylic acids is 3. The van der Waals surface area contributed by atoms with Gasteiger partial charge in [0, 0.05) is 20.0 Å². The van der Waals surface area contributed by atoms with E-state index in [0.717, 1.165) is 29.2 Å². The minimum Gasteiger partial charge on any atom is -0.463 e. The fourth-order valence-electron chi connectivity index (χ4n) is 9.01. The number of alkyl halides is 12. The number of benzene rings is 4. The minimum atomic E-state index is -5.05. The molecule has 0 saturated carbocycles. The van der Waals surface area contributed by atoms with Gasteiger partial charge in [-0.2, -0.15) is 52.7 Å². The van der Waals surface area contributed by atoms with Gasteiger partial charge in [0.05, 0.1) is 89.0 Å². The molecule has 412 valence electrons. The summed E-state index contributed by atoms with van der Waals surface area (Å²) in [5.41, 5.74) is -1.69. The van der Waals surface area contributed by atoms with E-state index in [9.17, 15) is 72.2 Å². The number of ether oxygens (including phenoxy) is 3. The summed E-state index contributed by atoms with van der Waals surface area (Å²) in [5.74, 6) is -0.750. The van der Waals surface area contributed by atoms with E-state index in [2.05, 4.69) is 0 Å². The minimum absolute atomic E-state index is 0.0361. The maximum atomic E-state index is 13.7. The molecule has 75 heavy (non-hydrogen) atoms. The molecule has 2 heterocycles. The van der Waals surface area contributed by atoms with Crippen LogP contribution in [0.3, 0.4) is 0 Å². The van der Waals surface area contributed by atoms with Crippen LogP contribution in [0.1, 0.15) is 115 Å². The molecular formula is C52H58F12N4O7. The predicted octanol–water partition coefficient (Wildman–Crippen LogP) is 13.8. The second-order valence-corrected chi connectivity index (χ2v) is 18.1. The topological polar surface area (TPSA) is 112 Å². The number of aryl methyl sites for hydroxylation is 4. The maximum Gasteiger partial charge on any atom is 0.416 e. The van der Waals surface area contributed by atoms with E-state index in [4.69, 9.17) is 14.2 Å². The number of amides is 2. The molecule has 0 aliphatic carbocycles. The number of halogens is 12. The fourth-order valence-corrected chi connectivity index (χ4v) is 9.01. The Morgan fingerprint density at radius 2 is 0.813 bits per heavy atom. The van der Waals surface area contributed by atoms with Crippen LogP contribution in [0.25, 0.3) is 0 Å². The second-order valence-electron chi connectivity index (χ2n) is 18.1. The van der Waals surface area contributed by atoms with Crippen LogP contribution in [0.5, 0.6) is 0 Å². The summed E-state index contributed by atoms with van der Waals surface area (Å²) in [6.45, 7) is 14.3. The Morgan fingerprint density at radius 1 is 0.507 bits per heavy atom. The van der Waals surface area contributed by atoms with Gasteiger partial charge in [0.15, 0.2) is 0 Å². The number of nitrogens with zero attached hydrogens (tertiary/aromatic N) is 4. The first kappa shape index (κ1) is 59.5. The first-order valence-electron chi connectivity index (χ1n) is 23.8. The van der Waals surface area contributed by atoms with Gasteiger partial charge >= 0.3 is 42.9 Å². The van der Waals surface area contributed by atoms with Crippen molar-refractivity contribution in [2.24, 2.45) is 0 Å². The molecule has 0 spiro atoms. The van der Waals surface area contributed by atoms with E-state index >= 15 is 0 Å². The van der Waals surface area contributed by atoms with Crippen LogP contribution in [0, 0.1) is 27.7 Å². The third-order valence-corrected chi connectivity index (χ3v) is 13.1. The molecule has 0 fully saturated rings. The summed E-state index contributed by atoms with van der Waals surface area (Å²) in [4.78, 5) is 43.6. The highest BCUT2D eigenvalue weighted by molar-refractivity contribution is 5.96. The van der Waals surface area contributed by atoms with Gasteiger partial charge in [-0.25, -0.2) is 9.59 Å². The molecule has 1 N–H and O–H groups in total. The van der Waals surface area contributed by atoms with Crippen molar-refractivity contribution in [1.82, 2.24) is 0 Å². The Balaban J connectivity index is 0.000000278. The monoisotopic (exact) mass is 1080 g/mol. The normalized spacial score (nSPS) is 16.8. The Kier molecular flexibility index (Phi) is 18.4. The number of aliphatic hydroxyl groups excluding tert-OH is 1. The van der Waals surface area contributed by atoms with Gasteiger partial charge in [-0.15, -0.1) is 0 Å². The molecular weight excluding hydrogens is 1020 g/mol. The number of hydrogen-bond donors (Lipinski definition) is 1. The van der Waals surface area contributed by atoms with E-state index in [-0.39, 0.29) is 49.6 Å². The number of fused-ring (bicyclic) bond motifs is 2. The predicted molar refractivity (Wildman–Crippen MR) is 256 cm³/mol. The molecule has 4 atom stereocenters. The summed E-state index contributed by atoms with van der Waals surface area (Å²) in [7, 11) is 0. The molecule has 4 aromatic rings. The second kappa shape index (κ2) is 23.2. The molecule has 23 heteroatoms. The van der Waals surface area contributed by atoms with E-state index in [1.807, 2.05) is 13.8 Å². The SMILES string of the molecule is CCOC(=O)N1c2cc(C)c(C)cc2N(C(CO)c2cc(C(F)(F)F)cc(C(F)(F)F)c2)CC1CC.CCOC(=O)N1c2cc(C)c(C)cc2N(C(COC(C)=O)c2cc(C(F)(F)F)cc(C(F)(F)F)c2)CC1CC. The fraction of sp³-hybridized carbons (Fsp3) is 0.481. The molecule has 4 unspecified atom stereocenters. The van der Waals surface area contributed by atoms with Crippen molar-refractivity contribution >= 4 is 40.9 Å². The molecule has 0 radical (unpaired) electrons. The Morgan fingerprint density at radius 3 is 1.09 bits per heavy atom. The summed E-state index contributed by atoms with van der Waals surface area (Å²) < 4.78 is 179. The van der Waals surface area contributed by atoms with E-state index in [1.165, 1.54) is 9.80 Å². The van der Waals surface area contributed by atoms with Crippen molar-refractivity contribution in [3.05, 3.63) is 116 Å². The van der Waals surface area contributed by atoms with Gasteiger partial charge in [-0.05, 0) is 148 Å².